The summed E-state index contributed by atoms with van der Waals surface area (Å²) in [5.74, 6) is 0. The van der Waals surface area contributed by atoms with Crippen LogP contribution in [-0.2, 0) is 87.5 Å². The minimum atomic E-state index is -6.39. The molecule has 0 aliphatic heterocycles. The van der Waals surface area contributed by atoms with E-state index in [1.54, 1.807) is 0 Å². The third-order valence-corrected chi connectivity index (χ3v) is 5.48. The zero-order chi connectivity index (χ0) is 29.0. The van der Waals surface area contributed by atoms with Crippen LogP contribution in [0.2, 0.25) is 0 Å². The molecule has 0 bridgehead atoms. The van der Waals surface area contributed by atoms with Gasteiger partial charge in [-0.3, -0.25) is 25.1 Å². The number of hydrogen-bond donors (Lipinski definition) is 0. The molecule has 0 fully saturated rings. The van der Waals surface area contributed by atoms with Crippen molar-refractivity contribution in [2.45, 2.75) is 24.4 Å². The molecule has 0 aromatic carbocycles. The Hall–Kier alpha value is 5.22. The van der Waals surface area contributed by atoms with Gasteiger partial charge in [0, 0.05) is 0 Å². The van der Waals surface area contributed by atoms with Gasteiger partial charge in [0.2, 0.25) is 62.4 Å². The van der Waals surface area contributed by atoms with E-state index < -0.39 is 100 Å². The molecule has 0 aromatic rings. The Balaban J connectivity index is -0.000000408. The van der Waals surface area contributed by atoms with Gasteiger partial charge in [-0.1, -0.05) is 0 Å². The van der Waals surface area contributed by atoms with Crippen LogP contribution in [0.4, 0.5) is 0 Å². The van der Waals surface area contributed by atoms with Crippen molar-refractivity contribution in [2.24, 2.45) is 0 Å². The fraction of sp³-hybridized carbons (Fsp3) is 1.00. The molecule has 36 heteroatoms. The molecule has 0 N–H and O–H groups in total. The second-order valence-corrected chi connectivity index (χ2v) is 11.5. The summed E-state index contributed by atoms with van der Waals surface area (Å²) >= 11 is 0. The average Bonchev–Trinajstić information content (AvgIpc) is 2.53. The summed E-state index contributed by atoms with van der Waals surface area (Å²) in [6.07, 6.45) is -14.1. The standard InChI is InChI=1S/C6H14O24S6.6Na/c7-31(8,9)25-1-3(27-33(13,14)15)5(29-35(19,20)21)6(30-36(22,23)24)4(28-34(16,17)18)2-26-32(10,11)12;;;;;;/h3-6H,1-2H2,(H,7,8,9)(H,10,11,12)(H,13,14,15)(H,16,17,18)(H,19,20,21)(H,22,23,24);;;;;;/q;6*+1/p-6. The quantitative estimate of drug-likeness (QED) is 0.0749. The molecule has 0 aliphatic rings. The van der Waals surface area contributed by atoms with E-state index in [1.165, 1.54) is 0 Å². The minimum Gasteiger partial charge on any atom is -0.726 e. The van der Waals surface area contributed by atoms with Crippen molar-refractivity contribution >= 4 is 62.4 Å². The summed E-state index contributed by atoms with van der Waals surface area (Å²) in [4.78, 5) is 0. The summed E-state index contributed by atoms with van der Waals surface area (Å²) in [6, 6.07) is 0. The van der Waals surface area contributed by atoms with Crippen molar-refractivity contribution in [1.82, 2.24) is 0 Å². The SMILES string of the molecule is O=S(=O)([O-])OCC(OS(=O)(=O)[O-])C(OS(=O)(=O)[O-])C(OS(=O)(=O)[O-])C(COS(=O)(=O)[O-])OS(=O)(=O)[O-].[Na+].[Na+].[Na+].[Na+].[Na+].[Na+]. The second kappa shape index (κ2) is 25.2. The van der Waals surface area contributed by atoms with E-state index in [2.05, 4.69) is 25.1 Å². The third kappa shape index (κ3) is 36.5. The largest absolute Gasteiger partial charge is 1.00 e. The van der Waals surface area contributed by atoms with Crippen LogP contribution in [0.1, 0.15) is 0 Å². The van der Waals surface area contributed by atoms with Gasteiger partial charge in [-0.15, -0.1) is 0 Å². The van der Waals surface area contributed by atoms with Crippen LogP contribution in [-0.4, -0.2) is 115 Å². The molecule has 0 saturated carbocycles. The Morgan fingerprint density at radius 3 is 0.690 bits per heavy atom. The van der Waals surface area contributed by atoms with Crippen LogP contribution in [0.15, 0.2) is 0 Å². The van der Waals surface area contributed by atoms with E-state index in [0.29, 0.717) is 0 Å². The smallest absolute Gasteiger partial charge is 0.726 e. The zero-order valence-corrected chi connectivity index (χ0v) is 38.9. The molecule has 4 atom stereocenters. The molecule has 0 rings (SSSR count). The van der Waals surface area contributed by atoms with Gasteiger partial charge in [0.15, 0.2) is 0 Å². The van der Waals surface area contributed by atoms with Gasteiger partial charge >= 0.3 is 177 Å². The van der Waals surface area contributed by atoms with Gasteiger partial charge in [0.1, 0.15) is 24.4 Å². The van der Waals surface area contributed by atoms with E-state index in [0.717, 1.165) is 0 Å². The van der Waals surface area contributed by atoms with Crippen LogP contribution in [0.3, 0.4) is 0 Å². The van der Waals surface area contributed by atoms with Crippen molar-refractivity contribution in [1.29, 1.82) is 0 Å². The Morgan fingerprint density at radius 2 is 0.548 bits per heavy atom. The Bertz CT molecular complexity index is 1300. The van der Waals surface area contributed by atoms with Gasteiger partial charge in [0.25, 0.3) is 0 Å². The predicted octanol–water partition coefficient (Wildman–Crippen LogP) is -24.7. The number of hydrogen-bond acceptors (Lipinski definition) is 24. The molecule has 0 spiro atoms. The monoisotopic (exact) mass is 794 g/mol. The molecule has 24 nitrogen and oxygen atoms in total. The summed E-state index contributed by atoms with van der Waals surface area (Å²) in [5.41, 5.74) is 0. The molecular weight excluding hydrogens is 786 g/mol. The van der Waals surface area contributed by atoms with Crippen molar-refractivity contribution in [3.63, 3.8) is 0 Å². The topological polar surface area (TPSA) is 399 Å². The first-order valence-electron chi connectivity index (χ1n) is 7.34. The fourth-order valence-electron chi connectivity index (χ4n) is 1.89. The molecule has 0 aliphatic carbocycles. The maximum absolute atomic E-state index is 11.0. The van der Waals surface area contributed by atoms with Gasteiger partial charge in [-0.05, 0) is 0 Å². The maximum atomic E-state index is 11.0. The van der Waals surface area contributed by atoms with Gasteiger partial charge in [-0.25, -0.2) is 50.5 Å². The van der Waals surface area contributed by atoms with E-state index in [1.807, 2.05) is 0 Å². The van der Waals surface area contributed by atoms with Gasteiger partial charge in [0.05, 0.1) is 13.2 Å². The molecule has 0 heterocycles. The van der Waals surface area contributed by atoms with E-state index in [-0.39, 0.29) is 177 Å². The maximum Gasteiger partial charge on any atom is 1.00 e. The molecule has 218 valence electrons. The first-order chi connectivity index (χ1) is 15.6. The number of rotatable bonds is 17. The van der Waals surface area contributed by atoms with Gasteiger partial charge < -0.3 is 27.3 Å². The van der Waals surface area contributed by atoms with Crippen LogP contribution < -0.4 is 177 Å². The van der Waals surface area contributed by atoms with Crippen LogP contribution in [0.25, 0.3) is 0 Å². The second-order valence-electron chi connectivity index (χ2n) is 5.41. The molecule has 4 unspecified atom stereocenters. The van der Waals surface area contributed by atoms with Crippen LogP contribution in [0, 0.1) is 0 Å². The summed E-state index contributed by atoms with van der Waals surface area (Å²) < 4.78 is 217. The summed E-state index contributed by atoms with van der Waals surface area (Å²) in [6.45, 7) is -4.46. The van der Waals surface area contributed by atoms with E-state index >= 15 is 0 Å². The molecular formula is C6H8Na6O24S6. The zero-order valence-electron chi connectivity index (χ0n) is 22.0. The predicted molar refractivity (Wildman–Crippen MR) is 89.6 cm³/mol. The first kappa shape index (κ1) is 62.4. The summed E-state index contributed by atoms with van der Waals surface area (Å²) in [7, 11) is -37.2. The van der Waals surface area contributed by atoms with E-state index in [4.69, 9.17) is 0 Å². The Morgan fingerprint density at radius 1 is 0.357 bits per heavy atom. The van der Waals surface area contributed by atoms with E-state index in [9.17, 15) is 77.8 Å². The molecule has 0 saturated heterocycles. The first-order valence-corrected chi connectivity index (χ1v) is 15.3. The third-order valence-electron chi connectivity index (χ3n) is 2.75. The minimum absolute atomic E-state index is 0. The molecule has 0 aromatic heterocycles. The molecule has 0 radical (unpaired) electrons. The normalized spacial score (nSPS) is 15.3. The Kier molecular flexibility index (Phi) is 37.4. The van der Waals surface area contributed by atoms with Crippen molar-refractivity contribution in [3.8, 4) is 0 Å². The molecule has 42 heavy (non-hydrogen) atoms. The van der Waals surface area contributed by atoms with Crippen molar-refractivity contribution < 1.29 is 280 Å². The average molecular weight is 794 g/mol. The Labute approximate surface area is 373 Å². The fourth-order valence-corrected chi connectivity index (χ4v) is 4.44. The van der Waals surface area contributed by atoms with Crippen molar-refractivity contribution in [2.75, 3.05) is 13.2 Å². The molecule has 0 amide bonds. The van der Waals surface area contributed by atoms with Crippen LogP contribution >= 0.6 is 0 Å². The summed E-state index contributed by atoms with van der Waals surface area (Å²) in [5, 5.41) is 0. The van der Waals surface area contributed by atoms with Gasteiger partial charge in [-0.2, -0.15) is 0 Å². The van der Waals surface area contributed by atoms with Crippen LogP contribution in [0.5, 0.6) is 0 Å². The van der Waals surface area contributed by atoms with Crippen molar-refractivity contribution in [3.05, 3.63) is 0 Å².